The summed E-state index contributed by atoms with van der Waals surface area (Å²) in [5.74, 6) is 1.14. The molecule has 0 atom stereocenters. The van der Waals surface area contributed by atoms with Crippen LogP contribution in [0.25, 0.3) is 11.4 Å². The molecule has 174 valence electrons. The van der Waals surface area contributed by atoms with Crippen molar-refractivity contribution in [2.45, 2.75) is 49.7 Å². The quantitative estimate of drug-likeness (QED) is 0.556. The largest absolute Gasteiger partial charge is 0.339 e. The second kappa shape index (κ2) is 8.66. The van der Waals surface area contributed by atoms with Crippen molar-refractivity contribution in [2.75, 3.05) is 18.4 Å². The van der Waals surface area contributed by atoms with Gasteiger partial charge in [-0.2, -0.15) is 9.29 Å². The number of thiophene rings is 1. The summed E-state index contributed by atoms with van der Waals surface area (Å²) in [6.07, 6.45) is 3.10. The van der Waals surface area contributed by atoms with Crippen molar-refractivity contribution < 1.29 is 17.7 Å². The maximum Gasteiger partial charge on any atom is 0.252 e. The van der Waals surface area contributed by atoms with Gasteiger partial charge in [-0.15, -0.1) is 11.3 Å². The van der Waals surface area contributed by atoms with Gasteiger partial charge in [0, 0.05) is 41.6 Å². The lowest BCUT2D eigenvalue weighted by Crippen LogP contribution is -2.41. The molecule has 1 aliphatic carbocycles. The molecule has 3 aromatic rings. The van der Waals surface area contributed by atoms with Crippen molar-refractivity contribution in [2.24, 2.45) is 5.92 Å². The lowest BCUT2D eigenvalue weighted by Gasteiger charge is -2.30. The van der Waals surface area contributed by atoms with Crippen molar-refractivity contribution in [3.63, 3.8) is 0 Å². The van der Waals surface area contributed by atoms with Crippen molar-refractivity contribution >= 4 is 33.0 Å². The molecular weight excluding hydrogens is 460 g/mol. The monoisotopic (exact) mass is 486 g/mol. The minimum absolute atomic E-state index is 0.0530. The van der Waals surface area contributed by atoms with E-state index >= 15 is 0 Å². The van der Waals surface area contributed by atoms with Crippen LogP contribution >= 0.6 is 11.3 Å². The van der Waals surface area contributed by atoms with Gasteiger partial charge in [0.2, 0.25) is 17.6 Å². The zero-order chi connectivity index (χ0) is 23.2. The number of nitrogens with one attached hydrogen (secondary N) is 1. The standard InChI is InChI=1S/C23H26N4O4S2/c1-14-4-3-5-19(15(14)2)24-22(28)16-8-10-27(11-9-16)33(29,30)20-12-18(13-32-20)21-25-23(31-26-21)17-6-7-17/h3-5,12-13,16-17H,6-11H2,1-2H3,(H,24,28). The van der Waals surface area contributed by atoms with Crippen molar-refractivity contribution in [3.05, 3.63) is 46.7 Å². The second-order valence-corrected chi connectivity index (χ2v) is 11.9. The van der Waals surface area contributed by atoms with E-state index in [2.05, 4.69) is 15.5 Å². The molecule has 0 bridgehead atoms. The van der Waals surface area contributed by atoms with Gasteiger partial charge in [0.15, 0.2) is 0 Å². The maximum absolute atomic E-state index is 13.2. The van der Waals surface area contributed by atoms with Crippen LogP contribution in [0.1, 0.15) is 48.6 Å². The molecule has 0 radical (unpaired) electrons. The van der Waals surface area contributed by atoms with Gasteiger partial charge in [0.1, 0.15) is 4.21 Å². The highest BCUT2D eigenvalue weighted by molar-refractivity contribution is 7.91. The Balaban J connectivity index is 1.22. The summed E-state index contributed by atoms with van der Waals surface area (Å²) in [5, 5.41) is 8.76. The third-order valence-corrected chi connectivity index (χ3v) is 9.80. The number of hydrogen-bond donors (Lipinski definition) is 1. The highest BCUT2D eigenvalue weighted by Gasteiger charge is 2.34. The van der Waals surface area contributed by atoms with E-state index in [0.29, 0.717) is 49.1 Å². The van der Waals surface area contributed by atoms with Gasteiger partial charge in [-0.3, -0.25) is 4.79 Å². The average Bonchev–Trinajstić information content (AvgIpc) is 3.32. The third-order valence-electron chi connectivity index (χ3n) is 6.48. The first-order valence-electron chi connectivity index (χ1n) is 11.1. The van der Waals surface area contributed by atoms with Gasteiger partial charge in [-0.1, -0.05) is 17.3 Å². The first-order valence-corrected chi connectivity index (χ1v) is 13.4. The predicted octanol–water partition coefficient (Wildman–Crippen LogP) is 4.33. The molecule has 2 aromatic heterocycles. The number of amides is 1. The zero-order valence-electron chi connectivity index (χ0n) is 18.6. The molecule has 1 aromatic carbocycles. The van der Waals surface area contributed by atoms with Gasteiger partial charge in [0.25, 0.3) is 10.0 Å². The summed E-state index contributed by atoms with van der Waals surface area (Å²) in [4.78, 5) is 17.2. The van der Waals surface area contributed by atoms with Crippen LogP contribution in [0.3, 0.4) is 0 Å². The molecule has 2 fully saturated rings. The first kappa shape index (κ1) is 22.2. The summed E-state index contributed by atoms with van der Waals surface area (Å²) in [6, 6.07) is 7.44. The van der Waals surface area contributed by atoms with Crippen LogP contribution < -0.4 is 5.32 Å². The maximum atomic E-state index is 13.2. The Morgan fingerprint density at radius 1 is 1.18 bits per heavy atom. The lowest BCUT2D eigenvalue weighted by molar-refractivity contribution is -0.120. The first-order chi connectivity index (χ1) is 15.8. The molecule has 5 rings (SSSR count). The summed E-state index contributed by atoms with van der Waals surface area (Å²) in [6.45, 7) is 4.62. The Morgan fingerprint density at radius 3 is 2.67 bits per heavy atom. The SMILES string of the molecule is Cc1cccc(NC(=O)C2CCN(S(=O)(=O)c3cc(-c4noc(C5CC5)n4)cs3)CC2)c1C. The van der Waals surface area contributed by atoms with Crippen LogP contribution in [0.2, 0.25) is 0 Å². The Hall–Kier alpha value is -2.56. The van der Waals surface area contributed by atoms with Gasteiger partial charge >= 0.3 is 0 Å². The molecule has 1 amide bonds. The fourth-order valence-electron chi connectivity index (χ4n) is 4.02. The number of aryl methyl sites for hydroxylation is 1. The highest BCUT2D eigenvalue weighted by atomic mass is 32.2. The number of carbonyl (C=O) groups is 1. The Labute approximate surface area is 197 Å². The van der Waals surface area contributed by atoms with E-state index in [4.69, 9.17) is 4.52 Å². The molecule has 0 spiro atoms. The van der Waals surface area contributed by atoms with Gasteiger partial charge in [0.05, 0.1) is 0 Å². The van der Waals surface area contributed by atoms with Crippen LogP contribution in [0.5, 0.6) is 0 Å². The molecule has 1 saturated heterocycles. The van der Waals surface area contributed by atoms with E-state index in [9.17, 15) is 13.2 Å². The molecule has 10 heteroatoms. The van der Waals surface area contributed by atoms with Crippen LogP contribution in [-0.4, -0.2) is 41.9 Å². The van der Waals surface area contributed by atoms with Crippen molar-refractivity contribution in [1.29, 1.82) is 0 Å². The second-order valence-electron chi connectivity index (χ2n) is 8.80. The summed E-state index contributed by atoms with van der Waals surface area (Å²) < 4.78 is 33.4. The molecule has 0 unspecified atom stereocenters. The number of benzene rings is 1. The predicted molar refractivity (Wildman–Crippen MR) is 126 cm³/mol. The van der Waals surface area contributed by atoms with E-state index in [0.717, 1.165) is 41.0 Å². The Kier molecular flexibility index (Phi) is 5.84. The highest BCUT2D eigenvalue weighted by Crippen LogP contribution is 2.40. The fourth-order valence-corrected chi connectivity index (χ4v) is 6.80. The topological polar surface area (TPSA) is 105 Å². The van der Waals surface area contributed by atoms with Crippen molar-refractivity contribution in [1.82, 2.24) is 14.4 Å². The normalized spacial score (nSPS) is 17.9. The van der Waals surface area contributed by atoms with Gasteiger partial charge in [-0.25, -0.2) is 8.42 Å². The van der Waals surface area contributed by atoms with E-state index < -0.39 is 10.0 Å². The fraction of sp³-hybridized carbons (Fsp3) is 0.435. The summed E-state index contributed by atoms with van der Waals surface area (Å²) >= 11 is 1.16. The minimum atomic E-state index is -3.63. The van der Waals surface area contributed by atoms with Gasteiger partial charge in [-0.05, 0) is 62.8 Å². The number of sulfonamides is 1. The third kappa shape index (κ3) is 4.47. The molecule has 2 aliphatic rings. The molecule has 8 nitrogen and oxygen atoms in total. The number of aromatic nitrogens is 2. The molecule has 33 heavy (non-hydrogen) atoms. The number of carbonyl (C=O) groups excluding carboxylic acids is 1. The number of nitrogens with zero attached hydrogens (tertiary/aromatic N) is 3. The van der Waals surface area contributed by atoms with Crippen LogP contribution in [-0.2, 0) is 14.8 Å². The van der Waals surface area contributed by atoms with Gasteiger partial charge < -0.3 is 9.84 Å². The number of anilines is 1. The average molecular weight is 487 g/mol. The molecule has 3 heterocycles. The minimum Gasteiger partial charge on any atom is -0.339 e. The van der Waals surface area contributed by atoms with E-state index in [-0.39, 0.29) is 16.0 Å². The number of hydrogen-bond acceptors (Lipinski definition) is 7. The van der Waals surface area contributed by atoms with E-state index in [1.54, 1.807) is 11.4 Å². The summed E-state index contributed by atoms with van der Waals surface area (Å²) in [7, 11) is -3.63. The molecule has 1 aliphatic heterocycles. The zero-order valence-corrected chi connectivity index (χ0v) is 20.2. The smallest absolute Gasteiger partial charge is 0.252 e. The van der Waals surface area contributed by atoms with E-state index in [1.807, 2.05) is 32.0 Å². The van der Waals surface area contributed by atoms with Crippen LogP contribution in [0.4, 0.5) is 5.69 Å². The molecule has 1 N–H and O–H groups in total. The van der Waals surface area contributed by atoms with Crippen LogP contribution in [0.15, 0.2) is 38.4 Å². The number of piperidine rings is 1. The Bertz CT molecular complexity index is 1290. The van der Waals surface area contributed by atoms with Crippen LogP contribution in [0, 0.1) is 19.8 Å². The van der Waals surface area contributed by atoms with Crippen molar-refractivity contribution in [3.8, 4) is 11.4 Å². The number of rotatable bonds is 6. The lowest BCUT2D eigenvalue weighted by atomic mass is 9.97. The molecular formula is C23H26N4O4S2. The Morgan fingerprint density at radius 2 is 1.94 bits per heavy atom. The van der Waals surface area contributed by atoms with E-state index in [1.165, 1.54) is 4.31 Å². The summed E-state index contributed by atoms with van der Waals surface area (Å²) in [5.41, 5.74) is 3.63. The molecule has 1 saturated carbocycles.